The molecular weight excluding hydrogens is 252 g/mol. The molecule has 102 valence electrons. The molecule has 0 bridgehead atoms. The van der Waals surface area contributed by atoms with E-state index in [1.807, 2.05) is 6.92 Å². The van der Waals surface area contributed by atoms with Crippen LogP contribution in [0.1, 0.15) is 36.4 Å². The van der Waals surface area contributed by atoms with E-state index in [4.69, 9.17) is 9.15 Å². The van der Waals surface area contributed by atoms with Gasteiger partial charge >= 0.3 is 11.8 Å². The van der Waals surface area contributed by atoms with Gasteiger partial charge in [0.05, 0.1) is 12.2 Å². The van der Waals surface area contributed by atoms with Crippen molar-refractivity contribution in [3.8, 4) is 5.75 Å². The van der Waals surface area contributed by atoms with Crippen molar-refractivity contribution in [2.45, 2.75) is 26.7 Å². The van der Waals surface area contributed by atoms with Crippen LogP contribution in [0.4, 0.5) is 4.79 Å². The molecule has 2 rings (SSSR count). The summed E-state index contributed by atoms with van der Waals surface area (Å²) in [6.07, 6.45) is -0.0818. The number of carbonyl (C=O) groups is 2. The van der Waals surface area contributed by atoms with Crippen LogP contribution in [0.15, 0.2) is 15.3 Å². The zero-order valence-corrected chi connectivity index (χ0v) is 10.7. The molecule has 19 heavy (non-hydrogen) atoms. The molecule has 6 nitrogen and oxygen atoms in total. The van der Waals surface area contributed by atoms with Crippen LogP contribution in [0.25, 0.3) is 0 Å². The molecule has 6 heteroatoms. The molecule has 0 amide bonds. The van der Waals surface area contributed by atoms with E-state index in [1.54, 1.807) is 6.92 Å². The Bertz CT molecular complexity index is 571. The van der Waals surface area contributed by atoms with E-state index in [-0.39, 0.29) is 24.1 Å². The minimum absolute atomic E-state index is 0.119. The number of carbonyl (C=O) groups excluding carboxylic acids is 2. The Balaban J connectivity index is 2.33. The minimum atomic E-state index is -0.994. The molecule has 0 aromatic carbocycles. The Morgan fingerprint density at radius 3 is 2.84 bits per heavy atom. The number of hydrogen-bond acceptors (Lipinski definition) is 6. The Morgan fingerprint density at radius 2 is 2.16 bits per heavy atom. The molecule has 1 unspecified atom stereocenters. The van der Waals surface area contributed by atoms with E-state index >= 15 is 0 Å². The molecule has 0 N–H and O–H groups in total. The van der Waals surface area contributed by atoms with Gasteiger partial charge in [0.15, 0.2) is 5.78 Å². The first-order valence-electron chi connectivity index (χ1n) is 6.06. The first-order valence-corrected chi connectivity index (χ1v) is 6.06. The van der Waals surface area contributed by atoms with Gasteiger partial charge in [0, 0.05) is 18.9 Å². The van der Waals surface area contributed by atoms with Crippen molar-refractivity contribution >= 4 is 11.9 Å². The SMILES string of the molecule is CCOC(=O)Oc1cc2c(oc1=O)CC(C)CC2=O. The summed E-state index contributed by atoms with van der Waals surface area (Å²) in [5.41, 5.74) is -0.481. The lowest BCUT2D eigenvalue weighted by atomic mass is 9.88. The fraction of sp³-hybridized carbons (Fsp3) is 0.462. The van der Waals surface area contributed by atoms with Crippen molar-refractivity contribution in [2.24, 2.45) is 5.92 Å². The predicted molar refractivity (Wildman–Crippen MR) is 64.4 cm³/mol. The molecule has 1 aromatic rings. The van der Waals surface area contributed by atoms with E-state index in [1.165, 1.54) is 6.07 Å². The zero-order valence-electron chi connectivity index (χ0n) is 10.7. The second-order valence-electron chi connectivity index (χ2n) is 4.46. The first-order chi connectivity index (χ1) is 9.01. The van der Waals surface area contributed by atoms with Gasteiger partial charge in [-0.15, -0.1) is 0 Å². The Hall–Kier alpha value is -2.11. The van der Waals surface area contributed by atoms with Crippen LogP contribution in [0.2, 0.25) is 0 Å². The second-order valence-corrected chi connectivity index (χ2v) is 4.46. The van der Waals surface area contributed by atoms with Crippen LogP contribution in [0.3, 0.4) is 0 Å². The third kappa shape index (κ3) is 2.83. The van der Waals surface area contributed by atoms with Crippen LogP contribution < -0.4 is 10.4 Å². The van der Waals surface area contributed by atoms with Crippen molar-refractivity contribution in [1.82, 2.24) is 0 Å². The predicted octanol–water partition coefficient (Wildman–Crippen LogP) is 1.94. The average molecular weight is 266 g/mol. The lowest BCUT2D eigenvalue weighted by Gasteiger charge is -2.18. The lowest BCUT2D eigenvalue weighted by molar-refractivity contribution is 0.0930. The fourth-order valence-corrected chi connectivity index (χ4v) is 2.00. The standard InChI is InChI=1S/C13H14O6/c1-3-17-13(16)19-11-6-8-9(14)4-7(2)5-10(8)18-12(11)15/h6-7H,3-5H2,1-2H3. The van der Waals surface area contributed by atoms with Crippen LogP contribution in [-0.2, 0) is 11.2 Å². The van der Waals surface area contributed by atoms with Gasteiger partial charge < -0.3 is 13.9 Å². The highest BCUT2D eigenvalue weighted by Crippen LogP contribution is 2.26. The molecule has 0 aliphatic heterocycles. The van der Waals surface area contributed by atoms with Crippen molar-refractivity contribution in [1.29, 1.82) is 0 Å². The van der Waals surface area contributed by atoms with E-state index in [2.05, 4.69) is 4.74 Å². The highest BCUT2D eigenvalue weighted by molar-refractivity contribution is 5.98. The number of ether oxygens (including phenoxy) is 2. The quantitative estimate of drug-likeness (QED) is 0.761. The lowest BCUT2D eigenvalue weighted by Crippen LogP contribution is -2.22. The Kier molecular flexibility index (Phi) is 3.69. The van der Waals surface area contributed by atoms with Crippen molar-refractivity contribution < 1.29 is 23.5 Å². The van der Waals surface area contributed by atoms with Gasteiger partial charge in [0.2, 0.25) is 5.75 Å². The van der Waals surface area contributed by atoms with Gasteiger partial charge in [-0.3, -0.25) is 4.79 Å². The molecule has 1 atom stereocenters. The molecule has 1 aliphatic carbocycles. The maximum Gasteiger partial charge on any atom is 0.514 e. The second kappa shape index (κ2) is 5.26. The van der Waals surface area contributed by atoms with Gasteiger partial charge in [0.1, 0.15) is 5.76 Å². The minimum Gasteiger partial charge on any atom is -0.434 e. The third-order valence-electron chi connectivity index (χ3n) is 2.82. The Morgan fingerprint density at radius 1 is 1.42 bits per heavy atom. The zero-order chi connectivity index (χ0) is 14.0. The summed E-state index contributed by atoms with van der Waals surface area (Å²) in [6.45, 7) is 3.65. The Labute approximate surface area is 109 Å². The largest absolute Gasteiger partial charge is 0.514 e. The maximum absolute atomic E-state index is 11.8. The highest BCUT2D eigenvalue weighted by atomic mass is 16.7. The average Bonchev–Trinajstić information content (AvgIpc) is 2.31. The number of Topliss-reactive ketones (excluding diaryl/α,β-unsaturated/α-hetero) is 1. The molecule has 0 saturated heterocycles. The summed E-state index contributed by atoms with van der Waals surface area (Å²) in [4.78, 5) is 34.6. The van der Waals surface area contributed by atoms with Crippen molar-refractivity contribution in [3.05, 3.63) is 27.8 Å². The van der Waals surface area contributed by atoms with E-state index in [0.29, 0.717) is 24.2 Å². The molecule has 0 fully saturated rings. The topological polar surface area (TPSA) is 82.8 Å². The van der Waals surface area contributed by atoms with Crippen molar-refractivity contribution in [2.75, 3.05) is 6.61 Å². The number of fused-ring (bicyclic) bond motifs is 1. The monoisotopic (exact) mass is 266 g/mol. The molecular formula is C13H14O6. The summed E-state index contributed by atoms with van der Waals surface area (Å²) < 4.78 is 14.3. The number of ketones is 1. The van der Waals surface area contributed by atoms with Crippen LogP contribution in [0.5, 0.6) is 5.75 Å². The van der Waals surface area contributed by atoms with Gasteiger partial charge in [-0.1, -0.05) is 6.92 Å². The van der Waals surface area contributed by atoms with E-state index in [0.717, 1.165) is 0 Å². The molecule has 0 saturated carbocycles. The molecule has 0 radical (unpaired) electrons. The normalized spacial score (nSPS) is 17.8. The summed E-state index contributed by atoms with van der Waals surface area (Å²) in [5.74, 6) is 0.0521. The smallest absolute Gasteiger partial charge is 0.434 e. The maximum atomic E-state index is 11.8. The number of rotatable bonds is 2. The van der Waals surface area contributed by atoms with Crippen molar-refractivity contribution in [3.63, 3.8) is 0 Å². The van der Waals surface area contributed by atoms with Crippen LogP contribution >= 0.6 is 0 Å². The van der Waals surface area contributed by atoms with Gasteiger partial charge in [-0.25, -0.2) is 9.59 Å². The summed E-state index contributed by atoms with van der Waals surface area (Å²) in [5, 5.41) is 0. The third-order valence-corrected chi connectivity index (χ3v) is 2.82. The van der Waals surface area contributed by atoms with Gasteiger partial charge in [-0.05, 0) is 12.8 Å². The summed E-state index contributed by atoms with van der Waals surface area (Å²) in [6, 6.07) is 1.26. The van der Waals surface area contributed by atoms with Crippen LogP contribution in [0, 0.1) is 5.92 Å². The van der Waals surface area contributed by atoms with Gasteiger partial charge in [0.25, 0.3) is 0 Å². The summed E-state index contributed by atoms with van der Waals surface area (Å²) in [7, 11) is 0. The molecule has 1 aliphatic rings. The fourth-order valence-electron chi connectivity index (χ4n) is 2.00. The molecule has 1 heterocycles. The van der Waals surface area contributed by atoms with E-state index < -0.39 is 11.8 Å². The summed E-state index contributed by atoms with van der Waals surface area (Å²) >= 11 is 0. The van der Waals surface area contributed by atoms with Gasteiger partial charge in [-0.2, -0.15) is 0 Å². The molecule has 0 spiro atoms. The van der Waals surface area contributed by atoms with Crippen LogP contribution in [-0.4, -0.2) is 18.5 Å². The van der Waals surface area contributed by atoms with E-state index in [9.17, 15) is 14.4 Å². The highest BCUT2D eigenvalue weighted by Gasteiger charge is 2.27. The number of hydrogen-bond donors (Lipinski definition) is 0. The molecule has 1 aromatic heterocycles. The first kappa shape index (κ1) is 13.3.